The lowest BCUT2D eigenvalue weighted by molar-refractivity contribution is -0.139. The van der Waals surface area contributed by atoms with Gasteiger partial charge in [-0.15, -0.1) is 0 Å². The van der Waals surface area contributed by atoms with Gasteiger partial charge in [0.25, 0.3) is 0 Å². The lowest BCUT2D eigenvalue weighted by atomic mass is 10.1. The summed E-state index contributed by atoms with van der Waals surface area (Å²) in [6.07, 6.45) is 2.69. The molecule has 13 heavy (non-hydrogen) atoms. The highest BCUT2D eigenvalue weighted by Gasteiger charge is 2.39. The number of rotatable bonds is 4. The van der Waals surface area contributed by atoms with Gasteiger partial charge in [-0.05, 0) is 19.9 Å². The maximum absolute atomic E-state index is 10.4. The third-order valence-electron chi connectivity index (χ3n) is 2.96. The normalized spacial score (nSPS) is 24.8. The van der Waals surface area contributed by atoms with Crippen LogP contribution < -0.4 is 0 Å². The molecule has 2 aliphatic rings. The molecule has 0 aromatic heterocycles. The van der Waals surface area contributed by atoms with Crippen LogP contribution in [0, 0.1) is 0 Å². The molecule has 1 saturated heterocycles. The van der Waals surface area contributed by atoms with Crippen molar-refractivity contribution in [1.82, 2.24) is 9.80 Å². The molecule has 1 saturated carbocycles. The van der Waals surface area contributed by atoms with Gasteiger partial charge < -0.3 is 5.11 Å². The van der Waals surface area contributed by atoms with E-state index in [1.807, 2.05) is 11.9 Å². The van der Waals surface area contributed by atoms with Crippen LogP contribution in [0.3, 0.4) is 0 Å². The van der Waals surface area contributed by atoms with Crippen molar-refractivity contribution in [3.63, 3.8) is 0 Å². The Labute approximate surface area is 78.1 Å². The Balaban J connectivity index is 1.69. The first-order valence-electron chi connectivity index (χ1n) is 4.83. The molecule has 0 atom stereocenters. The van der Waals surface area contributed by atoms with E-state index in [-0.39, 0.29) is 6.54 Å². The summed E-state index contributed by atoms with van der Waals surface area (Å²) in [6.45, 7) is 2.30. The van der Waals surface area contributed by atoms with Gasteiger partial charge >= 0.3 is 5.97 Å². The minimum absolute atomic E-state index is 0.170. The minimum Gasteiger partial charge on any atom is -0.480 e. The van der Waals surface area contributed by atoms with Gasteiger partial charge in [-0.1, -0.05) is 0 Å². The third-order valence-corrected chi connectivity index (χ3v) is 2.96. The topological polar surface area (TPSA) is 43.8 Å². The highest BCUT2D eigenvalue weighted by atomic mass is 16.4. The van der Waals surface area contributed by atoms with E-state index in [0.717, 1.165) is 19.1 Å². The van der Waals surface area contributed by atoms with Gasteiger partial charge in [0.05, 0.1) is 6.54 Å². The molecule has 1 aliphatic carbocycles. The number of hydrogen-bond acceptors (Lipinski definition) is 3. The quantitative estimate of drug-likeness (QED) is 0.660. The van der Waals surface area contributed by atoms with Gasteiger partial charge in [0.15, 0.2) is 0 Å². The second kappa shape index (κ2) is 3.27. The first kappa shape index (κ1) is 8.97. The van der Waals surface area contributed by atoms with Crippen molar-refractivity contribution in [3.05, 3.63) is 0 Å². The number of aliphatic carboxylic acids is 1. The van der Waals surface area contributed by atoms with Gasteiger partial charge in [-0.25, -0.2) is 0 Å². The van der Waals surface area contributed by atoms with Crippen LogP contribution in [0.1, 0.15) is 12.8 Å². The summed E-state index contributed by atoms with van der Waals surface area (Å²) in [6, 6.07) is 1.30. The predicted octanol–water partition coefficient (Wildman–Crippen LogP) is -0.151. The van der Waals surface area contributed by atoms with Gasteiger partial charge in [0.2, 0.25) is 0 Å². The van der Waals surface area contributed by atoms with E-state index in [1.165, 1.54) is 12.8 Å². The highest BCUT2D eigenvalue weighted by Crippen LogP contribution is 2.31. The van der Waals surface area contributed by atoms with Crippen molar-refractivity contribution >= 4 is 5.97 Å². The summed E-state index contributed by atoms with van der Waals surface area (Å²) in [5, 5.41) is 8.58. The maximum atomic E-state index is 10.4. The molecular formula is C9H16N2O2. The van der Waals surface area contributed by atoms with Crippen LogP contribution in [0.15, 0.2) is 0 Å². The number of carbonyl (C=O) groups is 1. The smallest absolute Gasteiger partial charge is 0.317 e. The van der Waals surface area contributed by atoms with Crippen LogP contribution in [0.4, 0.5) is 0 Å². The molecule has 1 aliphatic heterocycles. The molecule has 4 heteroatoms. The maximum Gasteiger partial charge on any atom is 0.317 e. The van der Waals surface area contributed by atoms with Gasteiger partial charge in [-0.2, -0.15) is 0 Å². The number of carboxylic acids is 1. The highest BCUT2D eigenvalue weighted by molar-refractivity contribution is 5.69. The van der Waals surface area contributed by atoms with Crippen molar-refractivity contribution in [1.29, 1.82) is 0 Å². The van der Waals surface area contributed by atoms with Gasteiger partial charge in [0.1, 0.15) is 0 Å². The zero-order valence-corrected chi connectivity index (χ0v) is 7.94. The lowest BCUT2D eigenvalue weighted by Gasteiger charge is -2.43. The van der Waals surface area contributed by atoms with Crippen molar-refractivity contribution in [2.24, 2.45) is 0 Å². The summed E-state index contributed by atoms with van der Waals surface area (Å²) in [5.74, 6) is -0.729. The molecular weight excluding hydrogens is 168 g/mol. The van der Waals surface area contributed by atoms with Gasteiger partial charge in [0, 0.05) is 25.2 Å². The van der Waals surface area contributed by atoms with E-state index in [4.69, 9.17) is 5.11 Å². The van der Waals surface area contributed by atoms with E-state index < -0.39 is 5.97 Å². The summed E-state index contributed by atoms with van der Waals surface area (Å²) >= 11 is 0. The molecule has 0 aromatic carbocycles. The fourth-order valence-electron chi connectivity index (χ4n) is 1.85. The van der Waals surface area contributed by atoms with Crippen LogP contribution in [-0.4, -0.2) is 59.6 Å². The molecule has 74 valence electrons. The molecule has 0 unspecified atom stereocenters. The minimum atomic E-state index is -0.729. The van der Waals surface area contributed by atoms with Crippen LogP contribution >= 0.6 is 0 Å². The average Bonchev–Trinajstić information content (AvgIpc) is 2.64. The first-order valence-corrected chi connectivity index (χ1v) is 4.83. The number of nitrogens with zero attached hydrogens (tertiary/aromatic N) is 2. The predicted molar refractivity (Wildman–Crippen MR) is 48.6 cm³/mol. The standard InChI is InChI=1S/C9H16N2O2/c1-10(6-9(12)13)8-4-11(5-8)7-2-3-7/h7-8H,2-6H2,1H3,(H,12,13). The largest absolute Gasteiger partial charge is 0.480 e. The molecule has 2 rings (SSSR count). The fraction of sp³-hybridized carbons (Fsp3) is 0.889. The SMILES string of the molecule is CN(CC(=O)O)C1CN(C2CC2)C1. The summed E-state index contributed by atoms with van der Waals surface area (Å²) in [4.78, 5) is 14.8. The van der Waals surface area contributed by atoms with Crippen LogP contribution in [-0.2, 0) is 4.79 Å². The third kappa shape index (κ3) is 2.00. The number of likely N-dealkylation sites (N-methyl/N-ethyl adjacent to an activating group) is 1. The molecule has 0 aromatic rings. The lowest BCUT2D eigenvalue weighted by Crippen LogP contribution is -2.59. The average molecular weight is 184 g/mol. The van der Waals surface area contributed by atoms with Crippen molar-refractivity contribution in [2.75, 3.05) is 26.7 Å². The van der Waals surface area contributed by atoms with E-state index in [9.17, 15) is 4.79 Å². The van der Waals surface area contributed by atoms with E-state index >= 15 is 0 Å². The number of carboxylic acid groups (broad SMARTS) is 1. The Kier molecular flexibility index (Phi) is 2.26. The van der Waals surface area contributed by atoms with Gasteiger partial charge in [-0.3, -0.25) is 14.6 Å². The summed E-state index contributed by atoms with van der Waals surface area (Å²) in [7, 11) is 1.89. The molecule has 1 heterocycles. The Hall–Kier alpha value is -0.610. The Morgan fingerprint density at radius 1 is 1.54 bits per heavy atom. The van der Waals surface area contributed by atoms with E-state index in [2.05, 4.69) is 4.90 Å². The van der Waals surface area contributed by atoms with Crippen molar-refractivity contribution in [3.8, 4) is 0 Å². The Bertz CT molecular complexity index is 210. The second-order valence-electron chi connectivity index (χ2n) is 4.15. The van der Waals surface area contributed by atoms with Crippen molar-refractivity contribution < 1.29 is 9.90 Å². The Morgan fingerprint density at radius 3 is 2.62 bits per heavy atom. The summed E-state index contributed by atoms with van der Waals surface area (Å²) < 4.78 is 0. The fourth-order valence-corrected chi connectivity index (χ4v) is 1.85. The molecule has 0 spiro atoms. The molecule has 0 amide bonds. The molecule has 2 fully saturated rings. The van der Waals surface area contributed by atoms with Crippen LogP contribution in [0.25, 0.3) is 0 Å². The van der Waals surface area contributed by atoms with Crippen LogP contribution in [0.5, 0.6) is 0 Å². The molecule has 0 bridgehead atoms. The number of likely N-dealkylation sites (tertiary alicyclic amines) is 1. The molecule has 0 radical (unpaired) electrons. The second-order valence-corrected chi connectivity index (χ2v) is 4.15. The number of hydrogen-bond donors (Lipinski definition) is 1. The molecule has 4 nitrogen and oxygen atoms in total. The zero-order chi connectivity index (χ0) is 9.42. The molecule has 1 N–H and O–H groups in total. The van der Waals surface area contributed by atoms with Crippen LogP contribution in [0.2, 0.25) is 0 Å². The zero-order valence-electron chi connectivity index (χ0n) is 7.94. The summed E-state index contributed by atoms with van der Waals surface area (Å²) in [5.41, 5.74) is 0. The monoisotopic (exact) mass is 184 g/mol. The van der Waals surface area contributed by atoms with E-state index in [0.29, 0.717) is 6.04 Å². The first-order chi connectivity index (χ1) is 6.16. The van der Waals surface area contributed by atoms with E-state index in [1.54, 1.807) is 0 Å². The van der Waals surface area contributed by atoms with Crippen molar-refractivity contribution in [2.45, 2.75) is 24.9 Å². The Morgan fingerprint density at radius 2 is 2.15 bits per heavy atom.